The van der Waals surface area contributed by atoms with Gasteiger partial charge in [-0.1, -0.05) is 95.6 Å². The van der Waals surface area contributed by atoms with Crippen molar-refractivity contribution < 1.29 is 29.1 Å². The molecule has 3 rings (SSSR count). The van der Waals surface area contributed by atoms with Crippen LogP contribution in [0.4, 0.5) is 0 Å². The topological polar surface area (TPSA) is 134 Å². The predicted molar refractivity (Wildman–Crippen MR) is 151 cm³/mol. The van der Waals surface area contributed by atoms with Gasteiger partial charge in [-0.15, -0.1) is 0 Å². The number of alkyl halides is 1. The number of hydrogen-bond acceptors (Lipinski definition) is 6. The zero-order valence-corrected chi connectivity index (χ0v) is 23.4. The zero-order chi connectivity index (χ0) is 28.4. The summed E-state index contributed by atoms with van der Waals surface area (Å²) in [6, 6.07) is 16.8. The maximum absolute atomic E-state index is 13.6. The molecule has 0 saturated carbocycles. The lowest BCUT2D eigenvalue weighted by Gasteiger charge is -2.28. The van der Waals surface area contributed by atoms with E-state index in [0.29, 0.717) is 5.71 Å². The number of Topliss-reactive ketones (excluding diaryl/α,β-unsaturated/α-hetero) is 1. The fourth-order valence-corrected chi connectivity index (χ4v) is 4.66. The molecule has 1 heterocycles. The van der Waals surface area contributed by atoms with Gasteiger partial charge in [0.2, 0.25) is 11.5 Å². The first-order valence-corrected chi connectivity index (χ1v) is 13.7. The van der Waals surface area contributed by atoms with E-state index in [2.05, 4.69) is 31.7 Å². The third kappa shape index (κ3) is 8.35. The Balaban J connectivity index is 1.83. The first-order valence-electron chi connectivity index (χ1n) is 12.6. The Kier molecular flexibility index (Phi) is 10.6. The zero-order valence-electron chi connectivity index (χ0n) is 21.8. The highest BCUT2D eigenvalue weighted by Crippen LogP contribution is 2.31. The Bertz CT molecular complexity index is 1230. The quantitative estimate of drug-likeness (QED) is 0.239. The summed E-state index contributed by atoms with van der Waals surface area (Å²) in [6.45, 7) is 3.84. The van der Waals surface area contributed by atoms with E-state index in [1.54, 1.807) is 6.08 Å². The Morgan fingerprint density at radius 2 is 1.69 bits per heavy atom. The van der Waals surface area contributed by atoms with Crippen molar-refractivity contribution in [3.05, 3.63) is 77.9 Å². The van der Waals surface area contributed by atoms with Crippen molar-refractivity contribution in [2.75, 3.05) is 5.33 Å². The number of nitrogens with zero attached hydrogens (tertiary/aromatic N) is 1. The summed E-state index contributed by atoms with van der Waals surface area (Å²) >= 11 is 3.05. The molecular formula is C29H32BrN3O6. The minimum absolute atomic E-state index is 0.0432. The van der Waals surface area contributed by atoms with Gasteiger partial charge in [-0.05, 0) is 23.1 Å². The second-order valence-corrected chi connectivity index (χ2v) is 10.3. The van der Waals surface area contributed by atoms with Crippen molar-refractivity contribution in [1.29, 1.82) is 0 Å². The number of benzene rings is 2. The number of nitrogens with one attached hydrogen (secondary N) is 2. The van der Waals surface area contributed by atoms with Crippen LogP contribution in [-0.4, -0.2) is 57.4 Å². The Labute approximate surface area is 235 Å². The molecule has 2 aromatic rings. The highest BCUT2D eigenvalue weighted by atomic mass is 79.9. The number of oxime groups is 1. The van der Waals surface area contributed by atoms with E-state index in [0.717, 1.165) is 11.1 Å². The second-order valence-electron chi connectivity index (χ2n) is 9.71. The monoisotopic (exact) mass is 597 g/mol. The van der Waals surface area contributed by atoms with Crippen LogP contribution in [0.1, 0.15) is 37.8 Å². The van der Waals surface area contributed by atoms with E-state index in [1.807, 2.05) is 74.5 Å². The van der Waals surface area contributed by atoms with Gasteiger partial charge in [0, 0.05) is 18.9 Å². The molecule has 9 nitrogen and oxygen atoms in total. The van der Waals surface area contributed by atoms with Crippen LogP contribution >= 0.6 is 15.9 Å². The standard InChI is InChI=1S/C29H32BrN3O6/c1-19(2)27(32-25(35)14-13-20-9-5-3-6-10-20)23-17-29(39-33-23,16-21-11-7-4-8-12-21)28(38)31-22(15-26(36)37)24(34)18-30/h3-14,19,22,27H,15-18H2,1-2H3,(H,31,38)(H,32,35)(H,36,37)/b14-13+/t22-,27?,29?/m0/s1. The SMILES string of the molecule is CC(C)C(NC(=O)/C=C/c1ccccc1)C1=NOC(Cc2ccccc2)(C(=O)N[C@@H](CC(=O)O)C(=O)CBr)C1. The highest BCUT2D eigenvalue weighted by molar-refractivity contribution is 9.09. The summed E-state index contributed by atoms with van der Waals surface area (Å²) in [6.07, 6.45) is 2.75. The fourth-order valence-electron chi connectivity index (χ4n) is 4.27. The van der Waals surface area contributed by atoms with Gasteiger partial charge in [0.15, 0.2) is 5.78 Å². The summed E-state index contributed by atoms with van der Waals surface area (Å²) in [5.41, 5.74) is 0.612. The lowest BCUT2D eigenvalue weighted by Crippen LogP contribution is -2.55. The van der Waals surface area contributed by atoms with Crippen LogP contribution in [0.25, 0.3) is 6.08 Å². The van der Waals surface area contributed by atoms with Crippen molar-refractivity contribution in [3.8, 4) is 0 Å². The molecule has 0 aromatic heterocycles. The predicted octanol–water partition coefficient (Wildman–Crippen LogP) is 3.52. The fraction of sp³-hybridized carbons (Fsp3) is 0.345. The molecule has 2 amide bonds. The van der Waals surface area contributed by atoms with Crippen molar-refractivity contribution in [3.63, 3.8) is 0 Å². The van der Waals surface area contributed by atoms with E-state index in [-0.39, 0.29) is 30.0 Å². The van der Waals surface area contributed by atoms with Crippen LogP contribution in [0, 0.1) is 5.92 Å². The highest BCUT2D eigenvalue weighted by Gasteiger charge is 2.49. The Morgan fingerprint density at radius 1 is 1.05 bits per heavy atom. The number of carboxylic acids is 1. The largest absolute Gasteiger partial charge is 0.481 e. The number of halogens is 1. The normalized spacial score (nSPS) is 18.2. The molecule has 3 atom stereocenters. The van der Waals surface area contributed by atoms with Crippen LogP contribution in [0.5, 0.6) is 0 Å². The maximum Gasteiger partial charge on any atom is 0.305 e. The summed E-state index contributed by atoms with van der Waals surface area (Å²) in [7, 11) is 0. The molecule has 10 heteroatoms. The second kappa shape index (κ2) is 13.8. The van der Waals surface area contributed by atoms with Crippen LogP contribution in [-0.2, 0) is 30.4 Å². The van der Waals surface area contributed by atoms with Gasteiger partial charge in [0.05, 0.1) is 29.5 Å². The number of ketones is 1. The molecule has 3 N–H and O–H groups in total. The minimum Gasteiger partial charge on any atom is -0.481 e. The van der Waals surface area contributed by atoms with E-state index in [4.69, 9.17) is 4.84 Å². The van der Waals surface area contributed by atoms with E-state index in [9.17, 15) is 24.3 Å². The molecule has 0 saturated heterocycles. The van der Waals surface area contributed by atoms with Crippen LogP contribution in [0.15, 0.2) is 71.9 Å². The average Bonchev–Trinajstić information content (AvgIpc) is 3.35. The van der Waals surface area contributed by atoms with Gasteiger partial charge in [-0.3, -0.25) is 19.2 Å². The average molecular weight is 598 g/mol. The van der Waals surface area contributed by atoms with E-state index >= 15 is 0 Å². The summed E-state index contributed by atoms with van der Waals surface area (Å²) in [5.74, 6) is -2.75. The molecule has 1 aliphatic rings. The van der Waals surface area contributed by atoms with Gasteiger partial charge < -0.3 is 20.6 Å². The number of carbonyl (C=O) groups is 4. The van der Waals surface area contributed by atoms with E-state index in [1.165, 1.54) is 6.08 Å². The molecule has 0 aliphatic carbocycles. The molecule has 0 radical (unpaired) electrons. The van der Waals surface area contributed by atoms with Crippen molar-refractivity contribution in [1.82, 2.24) is 10.6 Å². The third-order valence-electron chi connectivity index (χ3n) is 6.31. The smallest absolute Gasteiger partial charge is 0.305 e. The molecule has 2 aromatic carbocycles. The number of carboxylic acid groups (broad SMARTS) is 1. The van der Waals surface area contributed by atoms with Crippen LogP contribution in [0.3, 0.4) is 0 Å². The van der Waals surface area contributed by atoms with Crippen LogP contribution in [0.2, 0.25) is 0 Å². The summed E-state index contributed by atoms with van der Waals surface area (Å²) in [4.78, 5) is 55.9. The van der Waals surface area contributed by atoms with E-state index < -0.39 is 41.8 Å². The summed E-state index contributed by atoms with van der Waals surface area (Å²) < 4.78 is 0. The van der Waals surface area contributed by atoms with Gasteiger partial charge >= 0.3 is 5.97 Å². The van der Waals surface area contributed by atoms with Crippen molar-refractivity contribution >= 4 is 51.3 Å². The van der Waals surface area contributed by atoms with Gasteiger partial charge in [0.25, 0.3) is 5.91 Å². The first kappa shape index (κ1) is 29.8. The summed E-state index contributed by atoms with van der Waals surface area (Å²) in [5, 5.41) is 18.9. The number of hydrogen-bond donors (Lipinski definition) is 3. The Morgan fingerprint density at radius 3 is 2.28 bits per heavy atom. The number of amides is 2. The molecular weight excluding hydrogens is 566 g/mol. The van der Waals surface area contributed by atoms with Gasteiger partial charge in [0.1, 0.15) is 0 Å². The van der Waals surface area contributed by atoms with Gasteiger partial charge in [-0.25, -0.2) is 0 Å². The number of rotatable bonds is 13. The number of aliphatic carboxylic acids is 1. The first-order chi connectivity index (χ1) is 18.6. The molecule has 0 bridgehead atoms. The maximum atomic E-state index is 13.6. The molecule has 0 spiro atoms. The van der Waals surface area contributed by atoms with Crippen molar-refractivity contribution in [2.24, 2.45) is 11.1 Å². The Hall–Kier alpha value is -3.79. The molecule has 1 aliphatic heterocycles. The lowest BCUT2D eigenvalue weighted by molar-refractivity contribution is -0.147. The molecule has 39 heavy (non-hydrogen) atoms. The molecule has 2 unspecified atom stereocenters. The van der Waals surface area contributed by atoms with Crippen LogP contribution < -0.4 is 10.6 Å². The minimum atomic E-state index is -1.53. The number of carbonyl (C=O) groups excluding carboxylic acids is 3. The van der Waals surface area contributed by atoms with Crippen molar-refractivity contribution in [2.45, 2.75) is 50.8 Å². The molecule has 206 valence electrons. The van der Waals surface area contributed by atoms with Gasteiger partial charge in [-0.2, -0.15) is 0 Å². The molecule has 0 fully saturated rings. The lowest BCUT2D eigenvalue weighted by atomic mass is 9.84. The third-order valence-corrected chi connectivity index (χ3v) is 6.86.